The lowest BCUT2D eigenvalue weighted by atomic mass is 10.1. The van der Waals surface area contributed by atoms with E-state index < -0.39 is 5.97 Å². The van der Waals surface area contributed by atoms with Crippen LogP contribution in [0.1, 0.15) is 11.1 Å². The number of benzene rings is 1. The molecule has 1 aromatic carbocycles. The molecule has 84 valence electrons. The molecule has 16 heavy (non-hydrogen) atoms. The van der Waals surface area contributed by atoms with Gasteiger partial charge in [-0.3, -0.25) is 0 Å². The van der Waals surface area contributed by atoms with Gasteiger partial charge in [0.2, 0.25) is 0 Å². The molecular weight excluding hydrogens is 204 g/mol. The van der Waals surface area contributed by atoms with Crippen molar-refractivity contribution >= 4 is 12.0 Å². The summed E-state index contributed by atoms with van der Waals surface area (Å²) >= 11 is 0. The second-order valence-corrected chi connectivity index (χ2v) is 3.29. The van der Waals surface area contributed by atoms with Gasteiger partial charge in [0.1, 0.15) is 12.4 Å². The first kappa shape index (κ1) is 12.0. The van der Waals surface area contributed by atoms with Crippen LogP contribution in [0.5, 0.6) is 5.75 Å². The number of carbonyl (C=O) groups is 1. The second-order valence-electron chi connectivity index (χ2n) is 3.29. The maximum Gasteiger partial charge on any atom is 0.328 e. The number of carboxylic acids is 1. The topological polar surface area (TPSA) is 46.5 Å². The third-order valence-electron chi connectivity index (χ3n) is 2.01. The van der Waals surface area contributed by atoms with E-state index in [4.69, 9.17) is 9.84 Å². The van der Waals surface area contributed by atoms with Gasteiger partial charge < -0.3 is 9.84 Å². The lowest BCUT2D eigenvalue weighted by Crippen LogP contribution is -1.94. The Morgan fingerprint density at radius 2 is 2.31 bits per heavy atom. The Kier molecular flexibility index (Phi) is 4.33. The van der Waals surface area contributed by atoms with Gasteiger partial charge in [0, 0.05) is 6.08 Å². The number of ether oxygens (including phenoxy) is 1. The van der Waals surface area contributed by atoms with Gasteiger partial charge in [-0.1, -0.05) is 18.7 Å². The van der Waals surface area contributed by atoms with Crippen molar-refractivity contribution in [3.05, 3.63) is 48.1 Å². The predicted molar refractivity (Wildman–Crippen MR) is 63.5 cm³/mol. The molecule has 0 aromatic heterocycles. The van der Waals surface area contributed by atoms with E-state index in [-0.39, 0.29) is 0 Å². The molecule has 0 bridgehead atoms. The van der Waals surface area contributed by atoms with Crippen LogP contribution >= 0.6 is 0 Å². The van der Waals surface area contributed by atoms with Crippen LogP contribution in [-0.4, -0.2) is 17.7 Å². The minimum Gasteiger partial charge on any atom is -0.490 e. The highest BCUT2D eigenvalue weighted by molar-refractivity contribution is 5.85. The molecule has 0 aliphatic rings. The lowest BCUT2D eigenvalue weighted by Gasteiger charge is -2.06. The molecule has 0 fully saturated rings. The minimum absolute atomic E-state index is 0.462. The lowest BCUT2D eigenvalue weighted by molar-refractivity contribution is -0.131. The predicted octanol–water partition coefficient (Wildman–Crippen LogP) is 2.66. The van der Waals surface area contributed by atoms with E-state index in [1.165, 1.54) is 0 Å². The number of aryl methyl sites for hydroxylation is 1. The maximum absolute atomic E-state index is 10.4. The van der Waals surface area contributed by atoms with Crippen LogP contribution in [-0.2, 0) is 4.79 Å². The third kappa shape index (κ3) is 3.61. The van der Waals surface area contributed by atoms with E-state index in [0.29, 0.717) is 6.61 Å². The van der Waals surface area contributed by atoms with Crippen LogP contribution in [0.3, 0.4) is 0 Å². The molecule has 0 saturated heterocycles. The smallest absolute Gasteiger partial charge is 0.328 e. The average Bonchev–Trinajstić information content (AvgIpc) is 2.24. The maximum atomic E-state index is 10.4. The van der Waals surface area contributed by atoms with Crippen LogP contribution < -0.4 is 4.74 Å². The molecule has 0 heterocycles. The highest BCUT2D eigenvalue weighted by atomic mass is 16.5. The van der Waals surface area contributed by atoms with Gasteiger partial charge in [-0.25, -0.2) is 4.79 Å². The average molecular weight is 218 g/mol. The van der Waals surface area contributed by atoms with Crippen LogP contribution in [0.4, 0.5) is 0 Å². The molecule has 3 heteroatoms. The Morgan fingerprint density at radius 1 is 1.56 bits per heavy atom. The van der Waals surface area contributed by atoms with Gasteiger partial charge in [0.15, 0.2) is 0 Å². The zero-order valence-electron chi connectivity index (χ0n) is 9.14. The van der Waals surface area contributed by atoms with E-state index in [9.17, 15) is 4.79 Å². The van der Waals surface area contributed by atoms with Crippen molar-refractivity contribution in [2.75, 3.05) is 6.61 Å². The standard InChI is InChI=1S/C13H14O3/c1-3-8-16-12-6-4-11(10(2)9-12)5-7-13(14)15/h3-7,9H,1,8H2,2H3,(H,14,15). The van der Waals surface area contributed by atoms with Crippen molar-refractivity contribution < 1.29 is 14.6 Å². The van der Waals surface area contributed by atoms with Gasteiger partial charge in [0.05, 0.1) is 0 Å². The summed E-state index contributed by atoms with van der Waals surface area (Å²) in [6.45, 7) is 5.93. The van der Waals surface area contributed by atoms with Gasteiger partial charge in [-0.2, -0.15) is 0 Å². The monoisotopic (exact) mass is 218 g/mol. The number of aliphatic carboxylic acids is 1. The van der Waals surface area contributed by atoms with Gasteiger partial charge in [0.25, 0.3) is 0 Å². The SMILES string of the molecule is C=CCOc1ccc(C=CC(=O)O)c(C)c1. The number of carboxylic acid groups (broad SMARTS) is 1. The Labute approximate surface area is 94.7 Å². The molecular formula is C13H14O3. The Morgan fingerprint density at radius 3 is 2.88 bits per heavy atom. The van der Waals surface area contributed by atoms with Crippen LogP contribution in [0.2, 0.25) is 0 Å². The van der Waals surface area contributed by atoms with Gasteiger partial charge in [-0.05, 0) is 36.3 Å². The van der Waals surface area contributed by atoms with Crippen molar-refractivity contribution in [3.8, 4) is 5.75 Å². The second kappa shape index (κ2) is 5.75. The normalized spacial score (nSPS) is 10.3. The molecule has 0 atom stereocenters. The fourth-order valence-corrected chi connectivity index (χ4v) is 1.24. The minimum atomic E-state index is -0.952. The Bertz CT molecular complexity index is 419. The Balaban J connectivity index is 2.82. The summed E-state index contributed by atoms with van der Waals surface area (Å²) < 4.78 is 5.36. The zero-order chi connectivity index (χ0) is 12.0. The van der Waals surface area contributed by atoms with Crippen LogP contribution in [0.15, 0.2) is 36.9 Å². The highest BCUT2D eigenvalue weighted by Crippen LogP contribution is 2.18. The number of hydrogen-bond acceptors (Lipinski definition) is 2. The highest BCUT2D eigenvalue weighted by Gasteiger charge is 1.98. The summed E-state index contributed by atoms with van der Waals surface area (Å²) in [5.74, 6) is -0.198. The van der Waals surface area contributed by atoms with Gasteiger partial charge >= 0.3 is 5.97 Å². The van der Waals surface area contributed by atoms with Crippen molar-refractivity contribution in [2.45, 2.75) is 6.92 Å². The summed E-state index contributed by atoms with van der Waals surface area (Å²) in [5.41, 5.74) is 1.84. The number of hydrogen-bond donors (Lipinski definition) is 1. The first-order valence-corrected chi connectivity index (χ1v) is 4.89. The molecule has 0 saturated carbocycles. The first-order chi connectivity index (χ1) is 7.63. The van der Waals surface area contributed by atoms with Crippen molar-refractivity contribution in [2.24, 2.45) is 0 Å². The molecule has 0 aliphatic carbocycles. The Hall–Kier alpha value is -2.03. The van der Waals surface area contributed by atoms with E-state index >= 15 is 0 Å². The summed E-state index contributed by atoms with van der Waals surface area (Å²) in [5, 5.41) is 8.51. The first-order valence-electron chi connectivity index (χ1n) is 4.89. The molecule has 0 spiro atoms. The quantitative estimate of drug-likeness (QED) is 0.610. The van der Waals surface area contributed by atoms with E-state index in [1.807, 2.05) is 19.1 Å². The fraction of sp³-hybridized carbons (Fsp3) is 0.154. The van der Waals surface area contributed by atoms with E-state index in [1.54, 1.807) is 18.2 Å². The summed E-state index contributed by atoms with van der Waals surface area (Å²) in [6.07, 6.45) is 4.36. The molecule has 1 rings (SSSR count). The molecule has 0 unspecified atom stereocenters. The van der Waals surface area contributed by atoms with Gasteiger partial charge in [-0.15, -0.1) is 0 Å². The van der Waals surface area contributed by atoms with E-state index in [2.05, 4.69) is 6.58 Å². The van der Waals surface area contributed by atoms with Crippen LogP contribution in [0.25, 0.3) is 6.08 Å². The summed E-state index contributed by atoms with van der Waals surface area (Å²) in [6, 6.07) is 5.50. The molecule has 0 aliphatic heterocycles. The zero-order valence-corrected chi connectivity index (χ0v) is 9.14. The molecule has 1 N–H and O–H groups in total. The number of rotatable bonds is 5. The van der Waals surface area contributed by atoms with Crippen LogP contribution in [0, 0.1) is 6.92 Å². The van der Waals surface area contributed by atoms with Crippen molar-refractivity contribution in [3.63, 3.8) is 0 Å². The van der Waals surface area contributed by atoms with Crippen molar-refractivity contribution in [1.82, 2.24) is 0 Å². The fourth-order valence-electron chi connectivity index (χ4n) is 1.24. The summed E-state index contributed by atoms with van der Waals surface area (Å²) in [4.78, 5) is 10.4. The molecule has 0 radical (unpaired) electrons. The summed E-state index contributed by atoms with van der Waals surface area (Å²) in [7, 11) is 0. The third-order valence-corrected chi connectivity index (χ3v) is 2.01. The van der Waals surface area contributed by atoms with E-state index in [0.717, 1.165) is 23.0 Å². The molecule has 3 nitrogen and oxygen atoms in total. The largest absolute Gasteiger partial charge is 0.490 e. The molecule has 1 aromatic rings. The molecule has 0 amide bonds. The van der Waals surface area contributed by atoms with Crippen molar-refractivity contribution in [1.29, 1.82) is 0 Å².